The van der Waals surface area contributed by atoms with Crippen LogP contribution < -0.4 is 15.4 Å². The predicted molar refractivity (Wildman–Crippen MR) is 269 cm³/mol. The van der Waals surface area contributed by atoms with Gasteiger partial charge in [-0.1, -0.05) is 19.9 Å². The monoisotopic (exact) mass is 1010 g/mol. The summed E-state index contributed by atoms with van der Waals surface area (Å²) in [5.74, 6) is 1.39. The quantitative estimate of drug-likeness (QED) is 0.0908. The molecule has 1 aliphatic carbocycles. The fraction of sp³-hybridized carbons (Fsp3) is 0.453. The summed E-state index contributed by atoms with van der Waals surface area (Å²) in [5.41, 5.74) is 4.48. The molecular weight excluding hydrogens is 956 g/mol. The van der Waals surface area contributed by atoms with Crippen LogP contribution in [0.3, 0.4) is 0 Å². The van der Waals surface area contributed by atoms with Gasteiger partial charge in [0.25, 0.3) is 0 Å². The number of hydrogen-bond donors (Lipinski definition) is 4. The zero-order chi connectivity index (χ0) is 50.8. The van der Waals surface area contributed by atoms with Gasteiger partial charge in [0, 0.05) is 46.6 Å². The molecule has 5 aliphatic rings. The van der Waals surface area contributed by atoms with Crippen molar-refractivity contribution in [1.29, 1.82) is 0 Å². The first-order valence-electron chi connectivity index (χ1n) is 25.1. The summed E-state index contributed by atoms with van der Waals surface area (Å²) in [5, 5.41) is 7.12. The van der Waals surface area contributed by atoms with Crippen LogP contribution in [0.25, 0.3) is 44.7 Å². The molecular formula is C53H59FN10O8S. The Morgan fingerprint density at radius 2 is 1.49 bits per heavy atom. The largest absolute Gasteiger partial charge is 0.496 e. The average molecular weight is 1020 g/mol. The first-order valence-corrected chi connectivity index (χ1v) is 25.9. The highest BCUT2D eigenvalue weighted by atomic mass is 32.1. The number of nitrogens with one attached hydrogen (secondary N) is 4. The molecule has 4 unspecified atom stereocenters. The Morgan fingerprint density at radius 3 is 2.15 bits per heavy atom. The Bertz CT molecular complexity index is 3150. The number of likely N-dealkylation sites (tertiary alicyclic amines) is 2. The molecule has 18 nitrogen and oxygen atoms in total. The van der Waals surface area contributed by atoms with Crippen LogP contribution >= 0.6 is 11.3 Å². The first-order chi connectivity index (χ1) is 35.3. The van der Waals surface area contributed by atoms with Gasteiger partial charge in [0.2, 0.25) is 18.0 Å². The highest BCUT2D eigenvalue weighted by molar-refractivity contribution is 7.11. The minimum atomic E-state index is -0.848. The van der Waals surface area contributed by atoms with Crippen molar-refractivity contribution < 1.29 is 42.5 Å². The third-order valence-electron chi connectivity index (χ3n) is 14.9. The Kier molecular flexibility index (Phi) is 12.7. The molecule has 382 valence electrons. The summed E-state index contributed by atoms with van der Waals surface area (Å²) in [6, 6.07) is 9.02. The Hall–Kier alpha value is -7.22. The highest BCUT2D eigenvalue weighted by Crippen LogP contribution is 2.50. The van der Waals surface area contributed by atoms with Crippen LogP contribution in [-0.4, -0.2) is 109 Å². The van der Waals surface area contributed by atoms with E-state index in [2.05, 4.69) is 20.6 Å². The minimum absolute atomic E-state index is 0.121. The molecule has 4 aromatic heterocycles. The molecule has 7 atom stereocenters. The summed E-state index contributed by atoms with van der Waals surface area (Å²) in [6.45, 7) is 8.55. The van der Waals surface area contributed by atoms with Crippen LogP contribution in [0, 0.1) is 17.7 Å². The molecule has 4 amide bonds. The number of imidazole rings is 2. The molecule has 11 rings (SSSR count). The molecule has 6 aromatic rings. The van der Waals surface area contributed by atoms with Crippen molar-refractivity contribution in [2.24, 2.45) is 11.8 Å². The Balaban J connectivity index is 0.896. The Labute approximate surface area is 425 Å². The average Bonchev–Trinajstić information content (AvgIpc) is 4.10. The Morgan fingerprint density at radius 1 is 0.822 bits per heavy atom. The number of amides is 4. The summed E-state index contributed by atoms with van der Waals surface area (Å²) >= 11 is 1.62. The standard InChI is InChI=1S/C53H59FN10O8S/c1-26(2)44(60-52(67)69-5)49(65)62-15-7-9-38(62)47-56-24-36(59-47)31-20-34(54)43-40-21-32-19-30(13-14-37(32)64(40)51(72-41(43)22-31)48-57-25-42(73-48)29-11-12-29)35-23-55-46(58-35)39-10-8-16-63(39)50(66)45(61-53(68)70-6)33-17-27(3)71-28(4)18-33/h13-14,17,19-26,28-29,33,38-39,44-45,51H,7-12,15-16,18H2,1-6H3,(H,55,58)(H,56,59)(H,60,67)(H,61,68)/t28-,33?,38-,39-,44?,45?,51?/m0/s1. The van der Waals surface area contributed by atoms with Crippen molar-refractivity contribution in [2.75, 3.05) is 27.3 Å². The predicted octanol–water partition coefficient (Wildman–Crippen LogP) is 9.26. The molecule has 20 heteroatoms. The zero-order valence-corrected chi connectivity index (χ0v) is 42.4. The van der Waals surface area contributed by atoms with Gasteiger partial charge in [0.05, 0.1) is 78.7 Å². The van der Waals surface area contributed by atoms with Gasteiger partial charge in [-0.2, -0.15) is 0 Å². The molecule has 0 bridgehead atoms. The number of carbonyl (C=O) groups excluding carboxylic acids is 4. The smallest absolute Gasteiger partial charge is 0.407 e. The summed E-state index contributed by atoms with van der Waals surface area (Å²) in [4.78, 5) is 79.0. The molecule has 4 N–H and O–H groups in total. The third-order valence-corrected chi connectivity index (χ3v) is 16.0. The van der Waals surface area contributed by atoms with Crippen molar-refractivity contribution >= 4 is 46.2 Å². The van der Waals surface area contributed by atoms with Crippen molar-refractivity contribution in [3.63, 3.8) is 0 Å². The third kappa shape index (κ3) is 9.07. The van der Waals surface area contributed by atoms with Crippen LogP contribution in [0.5, 0.6) is 5.75 Å². The number of aromatic nitrogens is 6. The summed E-state index contributed by atoms with van der Waals surface area (Å²) in [7, 11) is 2.55. The van der Waals surface area contributed by atoms with E-state index in [1.807, 2.05) is 74.9 Å². The van der Waals surface area contributed by atoms with Crippen LogP contribution in [0.1, 0.15) is 118 Å². The van der Waals surface area contributed by atoms with Crippen LogP contribution in [-0.2, 0) is 23.8 Å². The lowest BCUT2D eigenvalue weighted by Gasteiger charge is -2.34. The normalized spacial score (nSPS) is 22.2. The van der Waals surface area contributed by atoms with E-state index in [0.29, 0.717) is 83.9 Å². The summed E-state index contributed by atoms with van der Waals surface area (Å²) in [6.07, 6.45) is 10.8. The van der Waals surface area contributed by atoms with Gasteiger partial charge >= 0.3 is 12.2 Å². The number of hydrogen-bond acceptors (Lipinski definition) is 12. The molecule has 0 spiro atoms. The zero-order valence-electron chi connectivity index (χ0n) is 41.6. The van der Waals surface area contributed by atoms with E-state index in [0.717, 1.165) is 52.9 Å². The number of methoxy groups -OCH3 is 2. The van der Waals surface area contributed by atoms with E-state index in [1.54, 1.807) is 33.5 Å². The summed E-state index contributed by atoms with van der Waals surface area (Å²) < 4.78 is 41.4. The van der Waals surface area contributed by atoms with Crippen molar-refractivity contribution in [2.45, 2.75) is 115 Å². The van der Waals surface area contributed by atoms with E-state index in [4.69, 9.17) is 33.9 Å². The van der Waals surface area contributed by atoms with Gasteiger partial charge in [-0.05, 0) is 107 Å². The maximum absolute atomic E-state index is 17.0. The van der Waals surface area contributed by atoms with Gasteiger partial charge in [-0.25, -0.2) is 28.9 Å². The number of H-pyrrole nitrogens is 2. The number of allylic oxidation sites excluding steroid dienone is 1. The fourth-order valence-corrected chi connectivity index (χ4v) is 12.3. The molecule has 2 aromatic carbocycles. The van der Waals surface area contributed by atoms with E-state index < -0.39 is 36.3 Å². The SMILES string of the molecule is COC(=O)NC(C(=O)N1CCC[C@H]1c1ncc(-c2cc(F)c3c(c2)OC(c2ncc(C4CC4)s2)n2c-3cc3cc(-c4cnc([C@@H]5CCCN5C(=O)C(NC(=O)OC)C5C=C(C)O[C@@H](C)C5)[nH]4)ccc32)[nH]1)C(C)C. The maximum Gasteiger partial charge on any atom is 0.407 e. The fourth-order valence-electron chi connectivity index (χ4n) is 11.2. The second-order valence-electron chi connectivity index (χ2n) is 20.2. The number of carbonyl (C=O) groups is 4. The number of thiazole rings is 1. The lowest BCUT2D eigenvalue weighted by atomic mass is 9.90. The highest BCUT2D eigenvalue weighted by Gasteiger charge is 2.42. The lowest BCUT2D eigenvalue weighted by Crippen LogP contribution is -2.52. The van der Waals surface area contributed by atoms with E-state index in [1.165, 1.54) is 25.2 Å². The van der Waals surface area contributed by atoms with Crippen LogP contribution in [0.4, 0.5) is 14.0 Å². The molecule has 3 fully saturated rings. The maximum atomic E-state index is 17.0. The van der Waals surface area contributed by atoms with Crippen molar-refractivity contribution in [1.82, 2.24) is 49.9 Å². The molecule has 4 aliphatic heterocycles. The van der Waals surface area contributed by atoms with Gasteiger partial charge in [0.15, 0.2) is 5.01 Å². The van der Waals surface area contributed by atoms with E-state index in [-0.39, 0.29) is 41.8 Å². The number of nitrogens with zero attached hydrogens (tertiary/aromatic N) is 6. The van der Waals surface area contributed by atoms with Crippen molar-refractivity contribution in [3.05, 3.63) is 94.2 Å². The molecule has 2 saturated heterocycles. The van der Waals surface area contributed by atoms with Gasteiger partial charge in [-0.3, -0.25) is 14.2 Å². The van der Waals surface area contributed by atoms with E-state index in [9.17, 15) is 19.2 Å². The number of aromatic amines is 2. The van der Waals surface area contributed by atoms with Gasteiger partial charge < -0.3 is 49.3 Å². The van der Waals surface area contributed by atoms with Crippen LogP contribution in [0.15, 0.2) is 66.8 Å². The van der Waals surface area contributed by atoms with Gasteiger partial charge in [-0.15, -0.1) is 11.3 Å². The number of halogens is 1. The van der Waals surface area contributed by atoms with Crippen LogP contribution in [0.2, 0.25) is 0 Å². The van der Waals surface area contributed by atoms with Crippen molar-refractivity contribution in [3.8, 4) is 39.5 Å². The molecule has 0 radical (unpaired) electrons. The number of benzene rings is 2. The molecule has 73 heavy (non-hydrogen) atoms. The first kappa shape index (κ1) is 48.1. The topological polar surface area (TPSA) is 211 Å². The lowest BCUT2D eigenvalue weighted by molar-refractivity contribution is -0.136. The number of alkyl carbamates (subject to hydrolysis) is 2. The second kappa shape index (κ2) is 19.3. The molecule has 1 saturated carbocycles. The van der Waals surface area contributed by atoms with E-state index >= 15 is 4.39 Å². The molecule has 8 heterocycles. The number of fused-ring (bicyclic) bond motifs is 5. The number of ether oxygens (including phenoxy) is 4. The number of rotatable bonds is 12. The second-order valence-corrected chi connectivity index (χ2v) is 21.3. The minimum Gasteiger partial charge on any atom is -0.496 e. The van der Waals surface area contributed by atoms with Gasteiger partial charge in [0.1, 0.15) is 35.3 Å².